The van der Waals surface area contributed by atoms with Crippen LogP contribution in [0, 0.1) is 0 Å². The van der Waals surface area contributed by atoms with Gasteiger partial charge in [0.15, 0.2) is 0 Å². The first-order valence-electron chi connectivity index (χ1n) is 6.13. The second kappa shape index (κ2) is 8.91. The average molecular weight is 262 g/mol. The number of carbonyl (C=O) groups is 2. The van der Waals surface area contributed by atoms with Crippen molar-refractivity contribution in [2.75, 3.05) is 13.7 Å². The minimum atomic E-state index is -0.485. The lowest BCUT2D eigenvalue weighted by Gasteiger charge is -2.01. The maximum atomic E-state index is 11.3. The van der Waals surface area contributed by atoms with Crippen molar-refractivity contribution in [3.63, 3.8) is 0 Å². The highest BCUT2D eigenvalue weighted by molar-refractivity contribution is 5.95. The van der Waals surface area contributed by atoms with Gasteiger partial charge < -0.3 is 9.47 Å². The van der Waals surface area contributed by atoms with Gasteiger partial charge in [0.25, 0.3) is 0 Å². The summed E-state index contributed by atoms with van der Waals surface area (Å²) < 4.78 is 9.87. The van der Waals surface area contributed by atoms with Crippen LogP contribution >= 0.6 is 0 Å². The maximum Gasteiger partial charge on any atom is 0.313 e. The van der Waals surface area contributed by atoms with Crippen LogP contribution in [0.5, 0.6) is 5.75 Å². The molecule has 0 radical (unpaired) electrons. The Morgan fingerprint density at radius 3 is 2.58 bits per heavy atom. The Bertz CT molecular complexity index is 423. The smallest absolute Gasteiger partial charge is 0.313 e. The number of methoxy groups -OCH3 is 1. The number of carbonyl (C=O) groups excluding carboxylic acids is 2. The lowest BCUT2D eigenvalue weighted by Crippen LogP contribution is -2.08. The monoisotopic (exact) mass is 262 g/mol. The van der Waals surface area contributed by atoms with E-state index in [1.54, 1.807) is 0 Å². The summed E-state index contributed by atoms with van der Waals surface area (Å²) in [5.41, 5.74) is 0. The molecule has 0 fully saturated rings. The van der Waals surface area contributed by atoms with Gasteiger partial charge in [0.05, 0.1) is 7.11 Å². The van der Waals surface area contributed by atoms with Gasteiger partial charge in [-0.05, 0) is 18.6 Å². The minimum Gasteiger partial charge on any atom is -0.490 e. The molecule has 0 atom stereocenters. The number of Topliss-reactive ketones (excluding diaryl/α,β-unsaturated/α-hetero) is 1. The molecule has 102 valence electrons. The number of allylic oxidation sites excluding steroid dienone is 1. The van der Waals surface area contributed by atoms with Gasteiger partial charge in [-0.1, -0.05) is 30.4 Å². The first-order chi connectivity index (χ1) is 9.22. The standard InChI is InChI=1S/C15H18O4/c1-18-15(17)12-13(16)8-4-3-7-11-19-14-9-5-2-6-10-14/h2-3,5-7,9-10H,4,8,11-12H2,1H3. The summed E-state index contributed by atoms with van der Waals surface area (Å²) in [5, 5.41) is 0. The molecule has 0 heterocycles. The van der Waals surface area contributed by atoms with Crippen LogP contribution in [0.15, 0.2) is 42.5 Å². The number of ether oxygens (including phenoxy) is 2. The van der Waals surface area contributed by atoms with E-state index in [0.717, 1.165) is 5.75 Å². The summed E-state index contributed by atoms with van der Waals surface area (Å²) in [4.78, 5) is 22.1. The van der Waals surface area contributed by atoms with Crippen molar-refractivity contribution in [3.8, 4) is 5.75 Å². The molecule has 0 unspecified atom stereocenters. The van der Waals surface area contributed by atoms with Crippen LogP contribution in [0.3, 0.4) is 0 Å². The number of ketones is 1. The summed E-state index contributed by atoms with van der Waals surface area (Å²) in [7, 11) is 1.27. The van der Waals surface area contributed by atoms with E-state index in [1.165, 1.54) is 7.11 Å². The van der Waals surface area contributed by atoms with E-state index in [2.05, 4.69) is 4.74 Å². The van der Waals surface area contributed by atoms with Crippen LogP contribution in [0.25, 0.3) is 0 Å². The fourth-order valence-electron chi connectivity index (χ4n) is 1.41. The van der Waals surface area contributed by atoms with E-state index < -0.39 is 5.97 Å². The summed E-state index contributed by atoms with van der Waals surface area (Å²) in [6.45, 7) is 0.467. The van der Waals surface area contributed by atoms with Crippen molar-refractivity contribution >= 4 is 11.8 Å². The van der Waals surface area contributed by atoms with Gasteiger partial charge in [-0.2, -0.15) is 0 Å². The Morgan fingerprint density at radius 1 is 1.16 bits per heavy atom. The molecule has 0 bridgehead atoms. The predicted octanol–water partition coefficient (Wildman–Crippen LogP) is 2.53. The van der Waals surface area contributed by atoms with Gasteiger partial charge in [-0.3, -0.25) is 9.59 Å². The van der Waals surface area contributed by atoms with Crippen LogP contribution in [0.2, 0.25) is 0 Å². The molecule has 0 spiro atoms. The molecule has 0 aliphatic carbocycles. The van der Waals surface area contributed by atoms with Crippen LogP contribution in [-0.2, 0) is 14.3 Å². The van der Waals surface area contributed by atoms with Crippen molar-refractivity contribution in [2.24, 2.45) is 0 Å². The fraction of sp³-hybridized carbons (Fsp3) is 0.333. The summed E-state index contributed by atoms with van der Waals surface area (Å²) in [5.74, 6) is 0.218. The Morgan fingerprint density at radius 2 is 1.89 bits per heavy atom. The molecule has 0 N–H and O–H groups in total. The van der Waals surface area contributed by atoms with Crippen molar-refractivity contribution in [1.82, 2.24) is 0 Å². The molecular formula is C15H18O4. The second-order valence-electron chi connectivity index (χ2n) is 3.93. The molecule has 0 saturated heterocycles. The number of para-hydroxylation sites is 1. The highest BCUT2D eigenvalue weighted by Gasteiger charge is 2.07. The summed E-state index contributed by atoms with van der Waals surface area (Å²) >= 11 is 0. The van der Waals surface area contributed by atoms with E-state index in [0.29, 0.717) is 19.4 Å². The predicted molar refractivity (Wildman–Crippen MR) is 72.0 cm³/mol. The molecule has 0 saturated carbocycles. The molecular weight excluding hydrogens is 244 g/mol. The summed E-state index contributed by atoms with van der Waals surface area (Å²) in [6.07, 6.45) is 4.53. The molecule has 0 aromatic heterocycles. The number of rotatable bonds is 8. The van der Waals surface area contributed by atoms with Gasteiger partial charge in [-0.25, -0.2) is 0 Å². The average Bonchev–Trinajstić information content (AvgIpc) is 2.43. The minimum absolute atomic E-state index is 0.111. The zero-order valence-electron chi connectivity index (χ0n) is 11.0. The highest BCUT2D eigenvalue weighted by atomic mass is 16.5. The van der Waals surface area contributed by atoms with Crippen LogP contribution < -0.4 is 4.74 Å². The Hall–Kier alpha value is -2.10. The third-order valence-corrected chi connectivity index (χ3v) is 2.42. The van der Waals surface area contributed by atoms with Gasteiger partial charge >= 0.3 is 5.97 Å². The molecule has 0 aliphatic rings. The quantitative estimate of drug-likeness (QED) is 0.410. The molecule has 4 heteroatoms. The lowest BCUT2D eigenvalue weighted by atomic mass is 10.1. The zero-order chi connectivity index (χ0) is 13.9. The molecule has 1 aromatic rings. The molecule has 0 amide bonds. The Labute approximate surface area is 113 Å². The normalized spacial score (nSPS) is 10.4. The van der Waals surface area contributed by atoms with E-state index in [4.69, 9.17) is 4.74 Å². The first-order valence-corrected chi connectivity index (χ1v) is 6.13. The SMILES string of the molecule is COC(=O)CC(=O)CCC=CCOc1ccccc1. The molecule has 1 aromatic carbocycles. The maximum absolute atomic E-state index is 11.3. The van der Waals surface area contributed by atoms with Gasteiger partial charge in [-0.15, -0.1) is 0 Å². The zero-order valence-corrected chi connectivity index (χ0v) is 11.0. The van der Waals surface area contributed by atoms with Gasteiger partial charge in [0.2, 0.25) is 0 Å². The topological polar surface area (TPSA) is 52.6 Å². The summed E-state index contributed by atoms with van der Waals surface area (Å²) in [6, 6.07) is 9.51. The number of hydrogen-bond acceptors (Lipinski definition) is 4. The van der Waals surface area contributed by atoms with Gasteiger partial charge in [0.1, 0.15) is 24.6 Å². The van der Waals surface area contributed by atoms with Crippen molar-refractivity contribution < 1.29 is 19.1 Å². The van der Waals surface area contributed by atoms with E-state index in [1.807, 2.05) is 42.5 Å². The molecule has 1 rings (SSSR count). The number of esters is 1. The van der Waals surface area contributed by atoms with E-state index in [-0.39, 0.29) is 12.2 Å². The first kappa shape index (κ1) is 15.0. The Balaban J connectivity index is 2.11. The molecule has 4 nitrogen and oxygen atoms in total. The van der Waals surface area contributed by atoms with E-state index >= 15 is 0 Å². The van der Waals surface area contributed by atoms with Crippen molar-refractivity contribution in [1.29, 1.82) is 0 Å². The third kappa shape index (κ3) is 7.03. The highest BCUT2D eigenvalue weighted by Crippen LogP contribution is 2.08. The fourth-order valence-corrected chi connectivity index (χ4v) is 1.41. The number of hydrogen-bond donors (Lipinski definition) is 0. The number of benzene rings is 1. The largest absolute Gasteiger partial charge is 0.490 e. The van der Waals surface area contributed by atoms with Gasteiger partial charge in [0, 0.05) is 6.42 Å². The van der Waals surface area contributed by atoms with Crippen molar-refractivity contribution in [2.45, 2.75) is 19.3 Å². The van der Waals surface area contributed by atoms with E-state index in [9.17, 15) is 9.59 Å². The van der Waals surface area contributed by atoms with Crippen LogP contribution in [-0.4, -0.2) is 25.5 Å². The van der Waals surface area contributed by atoms with Crippen LogP contribution in [0.4, 0.5) is 0 Å². The third-order valence-electron chi connectivity index (χ3n) is 2.42. The molecule has 0 aliphatic heterocycles. The Kier molecular flexibility index (Phi) is 7.02. The second-order valence-corrected chi connectivity index (χ2v) is 3.93. The lowest BCUT2D eigenvalue weighted by molar-refractivity contribution is -0.143. The molecule has 19 heavy (non-hydrogen) atoms. The van der Waals surface area contributed by atoms with Crippen molar-refractivity contribution in [3.05, 3.63) is 42.5 Å². The van der Waals surface area contributed by atoms with Crippen LogP contribution in [0.1, 0.15) is 19.3 Å².